The van der Waals surface area contributed by atoms with E-state index in [0.29, 0.717) is 6.54 Å². The molecule has 2 aromatic carbocycles. The molecule has 1 atom stereocenters. The third-order valence-electron chi connectivity index (χ3n) is 3.49. The van der Waals surface area contributed by atoms with Gasteiger partial charge in [0.25, 0.3) is 0 Å². The monoisotopic (exact) mass is 307 g/mol. The van der Waals surface area contributed by atoms with Crippen molar-refractivity contribution in [3.8, 4) is 11.5 Å². The van der Waals surface area contributed by atoms with Crippen LogP contribution >= 0.6 is 11.6 Å². The van der Waals surface area contributed by atoms with E-state index in [1.165, 1.54) is 6.07 Å². The first-order valence-electron chi connectivity index (χ1n) is 6.70. The van der Waals surface area contributed by atoms with Crippen molar-refractivity contribution >= 4 is 11.6 Å². The van der Waals surface area contributed by atoms with E-state index in [-0.39, 0.29) is 17.9 Å². The molecular formula is C16H15ClFNO2. The number of ether oxygens (including phenoxy) is 2. The molecule has 5 heteroatoms. The smallest absolute Gasteiger partial charge is 0.231 e. The van der Waals surface area contributed by atoms with E-state index in [0.717, 1.165) is 22.6 Å². The Labute approximate surface area is 127 Å². The molecule has 0 radical (unpaired) electrons. The highest BCUT2D eigenvalue weighted by Gasteiger charge is 2.14. The summed E-state index contributed by atoms with van der Waals surface area (Å²) in [5.41, 5.74) is 2.04. The fourth-order valence-corrected chi connectivity index (χ4v) is 2.41. The lowest BCUT2D eigenvalue weighted by Crippen LogP contribution is -2.18. The average Bonchev–Trinajstić information content (AvgIpc) is 2.95. The van der Waals surface area contributed by atoms with Gasteiger partial charge in [-0.15, -0.1) is 0 Å². The van der Waals surface area contributed by atoms with Gasteiger partial charge in [-0.25, -0.2) is 4.39 Å². The van der Waals surface area contributed by atoms with Crippen molar-refractivity contribution in [3.63, 3.8) is 0 Å². The molecular weight excluding hydrogens is 293 g/mol. The van der Waals surface area contributed by atoms with E-state index in [1.54, 1.807) is 12.1 Å². The molecule has 0 amide bonds. The Morgan fingerprint density at radius 1 is 1.19 bits per heavy atom. The van der Waals surface area contributed by atoms with Gasteiger partial charge in [0, 0.05) is 12.6 Å². The molecule has 1 aliphatic rings. The fraction of sp³-hybridized carbons (Fsp3) is 0.250. The van der Waals surface area contributed by atoms with Crippen LogP contribution in [-0.4, -0.2) is 6.79 Å². The summed E-state index contributed by atoms with van der Waals surface area (Å²) in [5.74, 6) is 1.15. The van der Waals surface area contributed by atoms with Crippen molar-refractivity contribution in [1.82, 2.24) is 5.32 Å². The topological polar surface area (TPSA) is 30.5 Å². The van der Waals surface area contributed by atoms with E-state index in [4.69, 9.17) is 21.1 Å². The maximum absolute atomic E-state index is 13.2. The summed E-state index contributed by atoms with van der Waals surface area (Å²) < 4.78 is 23.8. The van der Waals surface area contributed by atoms with Gasteiger partial charge in [0.15, 0.2) is 11.5 Å². The molecule has 0 bridgehead atoms. The van der Waals surface area contributed by atoms with E-state index in [1.807, 2.05) is 25.1 Å². The van der Waals surface area contributed by atoms with Crippen LogP contribution in [0.3, 0.4) is 0 Å². The SMILES string of the molecule is CC(NCc1ccc2c(c1)OCO2)c1ccc(F)c(Cl)c1. The molecule has 0 spiro atoms. The van der Waals surface area contributed by atoms with Crippen LogP contribution in [0.15, 0.2) is 36.4 Å². The van der Waals surface area contributed by atoms with Gasteiger partial charge in [0.05, 0.1) is 5.02 Å². The molecule has 1 aliphatic heterocycles. The highest BCUT2D eigenvalue weighted by Crippen LogP contribution is 2.32. The second-order valence-corrected chi connectivity index (χ2v) is 5.37. The normalized spacial score (nSPS) is 14.2. The number of fused-ring (bicyclic) bond motifs is 1. The van der Waals surface area contributed by atoms with Crippen molar-refractivity contribution in [1.29, 1.82) is 0 Å². The minimum atomic E-state index is -0.400. The Bertz CT molecular complexity index is 663. The fourth-order valence-electron chi connectivity index (χ4n) is 2.22. The Hall–Kier alpha value is -1.78. The molecule has 2 aromatic rings. The van der Waals surface area contributed by atoms with Gasteiger partial charge in [0.1, 0.15) is 5.82 Å². The van der Waals surface area contributed by atoms with Crippen LogP contribution in [0.5, 0.6) is 11.5 Å². The van der Waals surface area contributed by atoms with E-state index in [2.05, 4.69) is 5.32 Å². The zero-order chi connectivity index (χ0) is 14.8. The van der Waals surface area contributed by atoms with Crippen LogP contribution in [0, 0.1) is 5.82 Å². The van der Waals surface area contributed by atoms with Crippen molar-refractivity contribution in [2.45, 2.75) is 19.5 Å². The molecule has 0 aromatic heterocycles. The van der Waals surface area contributed by atoms with Gasteiger partial charge in [-0.2, -0.15) is 0 Å². The van der Waals surface area contributed by atoms with E-state index in [9.17, 15) is 4.39 Å². The van der Waals surface area contributed by atoms with Gasteiger partial charge >= 0.3 is 0 Å². The number of hydrogen-bond acceptors (Lipinski definition) is 3. The Morgan fingerprint density at radius 2 is 2.00 bits per heavy atom. The first kappa shape index (κ1) is 14.2. The summed E-state index contributed by atoms with van der Waals surface area (Å²) in [6.07, 6.45) is 0. The summed E-state index contributed by atoms with van der Waals surface area (Å²) >= 11 is 5.81. The largest absolute Gasteiger partial charge is 0.454 e. The maximum atomic E-state index is 13.2. The predicted octanol–water partition coefficient (Wildman–Crippen LogP) is 4.06. The van der Waals surface area contributed by atoms with Gasteiger partial charge in [0.2, 0.25) is 6.79 Å². The summed E-state index contributed by atoms with van der Waals surface area (Å²) in [7, 11) is 0. The molecule has 0 saturated carbocycles. The quantitative estimate of drug-likeness (QED) is 0.924. The summed E-state index contributed by atoms with van der Waals surface area (Å²) in [5, 5.41) is 3.52. The number of rotatable bonds is 4. The first-order valence-corrected chi connectivity index (χ1v) is 7.08. The number of hydrogen-bond donors (Lipinski definition) is 1. The van der Waals surface area contributed by atoms with Gasteiger partial charge in [-0.3, -0.25) is 0 Å². The molecule has 3 rings (SSSR count). The van der Waals surface area contributed by atoms with Crippen LogP contribution in [0.25, 0.3) is 0 Å². The van der Waals surface area contributed by atoms with E-state index < -0.39 is 5.82 Å². The molecule has 0 saturated heterocycles. The van der Waals surface area contributed by atoms with Crippen molar-refractivity contribution in [2.24, 2.45) is 0 Å². The van der Waals surface area contributed by atoms with Crippen LogP contribution in [0.1, 0.15) is 24.1 Å². The van der Waals surface area contributed by atoms with Crippen LogP contribution < -0.4 is 14.8 Å². The maximum Gasteiger partial charge on any atom is 0.231 e. The second kappa shape index (κ2) is 5.92. The average molecular weight is 308 g/mol. The van der Waals surface area contributed by atoms with Crippen LogP contribution in [0.4, 0.5) is 4.39 Å². The lowest BCUT2D eigenvalue weighted by atomic mass is 10.1. The van der Waals surface area contributed by atoms with Crippen molar-refractivity contribution in [2.75, 3.05) is 6.79 Å². The Kier molecular flexibility index (Phi) is 3.99. The number of benzene rings is 2. The van der Waals surface area contributed by atoms with Crippen LogP contribution in [0.2, 0.25) is 5.02 Å². The summed E-state index contributed by atoms with van der Waals surface area (Å²) in [6, 6.07) is 10.7. The van der Waals surface area contributed by atoms with Gasteiger partial charge < -0.3 is 14.8 Å². The molecule has 0 fully saturated rings. The summed E-state index contributed by atoms with van der Waals surface area (Å²) in [6.45, 7) is 2.96. The second-order valence-electron chi connectivity index (χ2n) is 4.96. The minimum absolute atomic E-state index is 0.0634. The summed E-state index contributed by atoms with van der Waals surface area (Å²) in [4.78, 5) is 0. The number of nitrogens with one attached hydrogen (secondary N) is 1. The highest BCUT2D eigenvalue weighted by molar-refractivity contribution is 6.30. The lowest BCUT2D eigenvalue weighted by molar-refractivity contribution is 0.174. The zero-order valence-corrected chi connectivity index (χ0v) is 12.3. The predicted molar refractivity (Wildman–Crippen MR) is 79.2 cm³/mol. The Morgan fingerprint density at radius 3 is 2.81 bits per heavy atom. The first-order chi connectivity index (χ1) is 10.1. The molecule has 1 unspecified atom stereocenters. The molecule has 21 heavy (non-hydrogen) atoms. The number of halogens is 2. The molecule has 1 N–H and O–H groups in total. The molecule has 0 aliphatic carbocycles. The van der Waals surface area contributed by atoms with Crippen LogP contribution in [-0.2, 0) is 6.54 Å². The minimum Gasteiger partial charge on any atom is -0.454 e. The standard InChI is InChI=1S/C16H15ClFNO2/c1-10(12-3-4-14(18)13(17)7-12)19-8-11-2-5-15-16(6-11)21-9-20-15/h2-7,10,19H,8-9H2,1H3. The molecule has 1 heterocycles. The van der Waals surface area contributed by atoms with Crippen molar-refractivity contribution in [3.05, 3.63) is 58.4 Å². The zero-order valence-electron chi connectivity index (χ0n) is 11.5. The third-order valence-corrected chi connectivity index (χ3v) is 3.78. The molecule has 110 valence electrons. The highest BCUT2D eigenvalue weighted by atomic mass is 35.5. The molecule has 3 nitrogen and oxygen atoms in total. The van der Waals surface area contributed by atoms with Crippen molar-refractivity contribution < 1.29 is 13.9 Å². The third kappa shape index (κ3) is 3.12. The Balaban J connectivity index is 1.65. The van der Waals surface area contributed by atoms with Gasteiger partial charge in [-0.1, -0.05) is 23.7 Å². The van der Waals surface area contributed by atoms with E-state index >= 15 is 0 Å². The van der Waals surface area contributed by atoms with Gasteiger partial charge in [-0.05, 0) is 42.3 Å². The lowest BCUT2D eigenvalue weighted by Gasteiger charge is -2.15.